The lowest BCUT2D eigenvalue weighted by molar-refractivity contribution is -0.122. The molecule has 0 aliphatic carbocycles. The lowest BCUT2D eigenvalue weighted by atomic mass is 10.1. The summed E-state index contributed by atoms with van der Waals surface area (Å²) >= 11 is 5.07. The van der Waals surface area contributed by atoms with Gasteiger partial charge in [0.25, 0.3) is 11.8 Å². The molecule has 23 heavy (non-hydrogen) atoms. The van der Waals surface area contributed by atoms with Gasteiger partial charge < -0.3 is 9.64 Å². The van der Waals surface area contributed by atoms with E-state index < -0.39 is 17.6 Å². The number of thiocarbonyl (C=S) groups is 1. The average Bonchev–Trinajstić information content (AvgIpc) is 2.54. The first kappa shape index (κ1) is 15.6. The molecule has 2 heterocycles. The molecule has 0 radical (unpaired) electrons. The van der Waals surface area contributed by atoms with Gasteiger partial charge in [0.1, 0.15) is 11.4 Å². The minimum Gasteiger partial charge on any atom is -0.378 e. The molecule has 1 aromatic rings. The second kappa shape index (κ2) is 6.43. The summed E-state index contributed by atoms with van der Waals surface area (Å²) < 4.78 is 18.3. The molecule has 0 bridgehead atoms. The molecular formula is C15H14FN3O3S. The third kappa shape index (κ3) is 3.22. The van der Waals surface area contributed by atoms with Crippen LogP contribution >= 0.6 is 12.2 Å². The maximum absolute atomic E-state index is 13.1. The Bertz CT molecular complexity index is 684. The Morgan fingerprint density at radius 1 is 1.17 bits per heavy atom. The van der Waals surface area contributed by atoms with Crippen LogP contribution in [0.1, 0.15) is 0 Å². The van der Waals surface area contributed by atoms with Gasteiger partial charge in [-0.3, -0.25) is 19.8 Å². The second-order valence-electron chi connectivity index (χ2n) is 5.07. The maximum Gasteiger partial charge on any atom is 0.271 e. The molecule has 2 saturated heterocycles. The Kier molecular flexibility index (Phi) is 4.35. The fourth-order valence-electron chi connectivity index (χ4n) is 2.36. The molecule has 8 heteroatoms. The number of anilines is 1. The molecule has 6 nitrogen and oxygen atoms in total. The summed E-state index contributed by atoms with van der Waals surface area (Å²) in [7, 11) is 0. The smallest absolute Gasteiger partial charge is 0.271 e. The van der Waals surface area contributed by atoms with E-state index in [4.69, 9.17) is 17.0 Å². The SMILES string of the molecule is O=C1NC(=S)N(c2ccc(F)cc2)C(=O)/C1=C/N1CCOCC1. The number of carbonyl (C=O) groups excluding carboxylic acids is 2. The average molecular weight is 335 g/mol. The van der Waals surface area contributed by atoms with Crippen LogP contribution in [-0.4, -0.2) is 48.1 Å². The molecule has 1 aromatic carbocycles. The number of ether oxygens (including phenoxy) is 1. The lowest BCUT2D eigenvalue weighted by Crippen LogP contribution is -2.54. The topological polar surface area (TPSA) is 61.9 Å². The van der Waals surface area contributed by atoms with Gasteiger partial charge in [0.2, 0.25) is 0 Å². The minimum absolute atomic E-state index is 0.00942. The summed E-state index contributed by atoms with van der Waals surface area (Å²) in [4.78, 5) is 27.8. The fraction of sp³-hybridized carbons (Fsp3) is 0.267. The Balaban J connectivity index is 1.90. The number of hydrogen-bond donors (Lipinski definition) is 1. The Hall–Kier alpha value is -2.32. The monoisotopic (exact) mass is 335 g/mol. The van der Waals surface area contributed by atoms with Gasteiger partial charge in [0.15, 0.2) is 5.11 Å². The zero-order valence-electron chi connectivity index (χ0n) is 12.1. The quantitative estimate of drug-likeness (QED) is 0.492. The van der Waals surface area contributed by atoms with Gasteiger partial charge in [0.05, 0.1) is 18.9 Å². The Morgan fingerprint density at radius 3 is 2.48 bits per heavy atom. The number of carbonyl (C=O) groups is 2. The van der Waals surface area contributed by atoms with Crippen LogP contribution in [0.15, 0.2) is 36.0 Å². The number of halogens is 1. The Morgan fingerprint density at radius 2 is 1.83 bits per heavy atom. The van der Waals surface area contributed by atoms with Crippen LogP contribution < -0.4 is 10.2 Å². The summed E-state index contributed by atoms with van der Waals surface area (Å²) in [5.74, 6) is -1.49. The van der Waals surface area contributed by atoms with Gasteiger partial charge in [-0.2, -0.15) is 0 Å². The number of hydrogen-bond acceptors (Lipinski definition) is 5. The first-order valence-corrected chi connectivity index (χ1v) is 7.46. The summed E-state index contributed by atoms with van der Waals surface area (Å²) in [6.07, 6.45) is 1.53. The molecule has 2 aliphatic rings. The molecule has 2 amide bonds. The van der Waals surface area contributed by atoms with Crippen molar-refractivity contribution in [1.82, 2.24) is 10.2 Å². The van der Waals surface area contributed by atoms with E-state index in [9.17, 15) is 14.0 Å². The van der Waals surface area contributed by atoms with E-state index in [1.165, 1.54) is 35.4 Å². The zero-order valence-corrected chi connectivity index (χ0v) is 12.9. The van der Waals surface area contributed by atoms with Gasteiger partial charge in [-0.1, -0.05) is 0 Å². The van der Waals surface area contributed by atoms with Crippen LogP contribution in [0.2, 0.25) is 0 Å². The van der Waals surface area contributed by atoms with Crippen LogP contribution in [0.3, 0.4) is 0 Å². The van der Waals surface area contributed by atoms with E-state index in [0.29, 0.717) is 32.0 Å². The Labute approximate surface area is 137 Å². The second-order valence-corrected chi connectivity index (χ2v) is 5.45. The van der Waals surface area contributed by atoms with Gasteiger partial charge in [0, 0.05) is 19.3 Å². The van der Waals surface area contributed by atoms with E-state index in [1.54, 1.807) is 0 Å². The van der Waals surface area contributed by atoms with Crippen molar-refractivity contribution in [3.8, 4) is 0 Å². The van der Waals surface area contributed by atoms with Crippen LogP contribution in [0.5, 0.6) is 0 Å². The first-order valence-electron chi connectivity index (χ1n) is 7.05. The van der Waals surface area contributed by atoms with Crippen LogP contribution in [0, 0.1) is 5.82 Å². The van der Waals surface area contributed by atoms with E-state index in [1.807, 2.05) is 4.90 Å². The number of benzene rings is 1. The van der Waals surface area contributed by atoms with Gasteiger partial charge in [-0.05, 0) is 36.5 Å². The number of rotatable bonds is 2. The molecule has 0 saturated carbocycles. The molecule has 0 atom stereocenters. The van der Waals surface area contributed by atoms with E-state index in [-0.39, 0.29) is 10.7 Å². The molecule has 2 aliphatic heterocycles. The molecular weight excluding hydrogens is 321 g/mol. The number of amides is 2. The van der Waals surface area contributed by atoms with Crippen molar-refractivity contribution in [3.05, 3.63) is 41.9 Å². The van der Waals surface area contributed by atoms with Crippen molar-refractivity contribution in [2.24, 2.45) is 0 Å². The summed E-state index contributed by atoms with van der Waals surface area (Å²) in [5.41, 5.74) is 0.388. The van der Waals surface area contributed by atoms with Crippen LogP contribution in [0.25, 0.3) is 0 Å². The molecule has 2 fully saturated rings. The van der Waals surface area contributed by atoms with Crippen LogP contribution in [-0.2, 0) is 14.3 Å². The maximum atomic E-state index is 13.1. The largest absolute Gasteiger partial charge is 0.378 e. The molecule has 0 unspecified atom stereocenters. The summed E-state index contributed by atoms with van der Waals surface area (Å²) in [5, 5.41) is 2.47. The zero-order chi connectivity index (χ0) is 16.4. The molecule has 0 spiro atoms. The summed E-state index contributed by atoms with van der Waals surface area (Å²) in [6, 6.07) is 5.33. The lowest BCUT2D eigenvalue weighted by Gasteiger charge is -2.31. The first-order chi connectivity index (χ1) is 11.1. The third-order valence-corrected chi connectivity index (χ3v) is 3.83. The number of nitrogens with zero attached hydrogens (tertiary/aromatic N) is 2. The predicted molar refractivity (Wildman–Crippen MR) is 85.1 cm³/mol. The van der Waals surface area contributed by atoms with E-state index in [0.717, 1.165) is 0 Å². The summed E-state index contributed by atoms with van der Waals surface area (Å²) in [6.45, 7) is 2.29. The van der Waals surface area contributed by atoms with Crippen molar-refractivity contribution >= 4 is 34.8 Å². The standard InChI is InChI=1S/C15H14FN3O3S/c16-10-1-3-11(4-2-10)19-14(21)12(13(20)17-15(19)23)9-18-5-7-22-8-6-18/h1-4,9H,5-8H2,(H,17,20,23)/b12-9+. The number of morpholine rings is 1. The van der Waals surface area contributed by atoms with Crippen molar-refractivity contribution in [2.75, 3.05) is 31.2 Å². The number of nitrogens with one attached hydrogen (secondary N) is 1. The van der Waals surface area contributed by atoms with Gasteiger partial charge in [-0.15, -0.1) is 0 Å². The molecule has 1 N–H and O–H groups in total. The molecule has 120 valence electrons. The van der Waals surface area contributed by atoms with Crippen molar-refractivity contribution < 1.29 is 18.7 Å². The third-order valence-electron chi connectivity index (χ3n) is 3.54. The van der Waals surface area contributed by atoms with Crippen molar-refractivity contribution in [2.45, 2.75) is 0 Å². The highest BCUT2D eigenvalue weighted by Gasteiger charge is 2.35. The molecule has 3 rings (SSSR count). The van der Waals surface area contributed by atoms with E-state index >= 15 is 0 Å². The van der Waals surface area contributed by atoms with E-state index in [2.05, 4.69) is 5.32 Å². The minimum atomic E-state index is -0.537. The van der Waals surface area contributed by atoms with Gasteiger partial charge >= 0.3 is 0 Å². The fourth-order valence-corrected chi connectivity index (χ4v) is 2.64. The normalized spacial score (nSPS) is 20.9. The highest BCUT2D eigenvalue weighted by molar-refractivity contribution is 7.80. The highest BCUT2D eigenvalue weighted by Crippen LogP contribution is 2.21. The van der Waals surface area contributed by atoms with Crippen molar-refractivity contribution in [1.29, 1.82) is 0 Å². The highest BCUT2D eigenvalue weighted by atomic mass is 32.1. The predicted octanol–water partition coefficient (Wildman–Crippen LogP) is 0.789. The van der Waals surface area contributed by atoms with Crippen LogP contribution in [0.4, 0.5) is 10.1 Å². The van der Waals surface area contributed by atoms with Gasteiger partial charge in [-0.25, -0.2) is 4.39 Å². The molecule has 0 aromatic heterocycles. The van der Waals surface area contributed by atoms with Crippen molar-refractivity contribution in [3.63, 3.8) is 0 Å².